The van der Waals surface area contributed by atoms with Crippen LogP contribution in [0.2, 0.25) is 0 Å². The Kier molecular flexibility index (Phi) is 3.49. The Balaban J connectivity index is 1.87. The van der Waals surface area contributed by atoms with Gasteiger partial charge in [-0.25, -0.2) is 0 Å². The van der Waals surface area contributed by atoms with Crippen LogP contribution in [0.3, 0.4) is 0 Å². The zero-order valence-electron chi connectivity index (χ0n) is 10.3. The van der Waals surface area contributed by atoms with Crippen molar-refractivity contribution in [1.82, 2.24) is 4.90 Å². The van der Waals surface area contributed by atoms with Crippen LogP contribution >= 0.6 is 0 Å². The summed E-state index contributed by atoms with van der Waals surface area (Å²) in [6, 6.07) is 8.20. The van der Waals surface area contributed by atoms with Crippen LogP contribution < -0.4 is 5.73 Å². The molecule has 0 bridgehead atoms. The van der Waals surface area contributed by atoms with E-state index in [9.17, 15) is 0 Å². The van der Waals surface area contributed by atoms with E-state index in [4.69, 9.17) is 5.73 Å². The Hall–Kier alpha value is -1.02. The number of nitrogens with two attached hydrogens (primary N) is 1. The van der Waals surface area contributed by atoms with Gasteiger partial charge in [0.2, 0.25) is 0 Å². The molecule has 1 aromatic carbocycles. The van der Waals surface area contributed by atoms with Crippen molar-refractivity contribution in [3.63, 3.8) is 0 Å². The molecule has 0 saturated carbocycles. The number of rotatable bonds is 3. The first-order valence-electron chi connectivity index (χ1n) is 6.22. The molecule has 1 aromatic rings. The number of nitrogens with zero attached hydrogens (tertiary/aromatic N) is 1. The first kappa shape index (κ1) is 11.5. The van der Waals surface area contributed by atoms with Gasteiger partial charge in [-0.2, -0.15) is 0 Å². The summed E-state index contributed by atoms with van der Waals surface area (Å²) in [5.74, 6) is 1.68. The third-order valence-electron chi connectivity index (χ3n) is 3.82. The van der Waals surface area contributed by atoms with Crippen molar-refractivity contribution in [3.8, 4) is 0 Å². The van der Waals surface area contributed by atoms with Crippen LogP contribution in [-0.2, 0) is 6.42 Å². The molecular weight excluding hydrogens is 196 g/mol. The first-order valence-corrected chi connectivity index (χ1v) is 6.22. The highest BCUT2D eigenvalue weighted by Crippen LogP contribution is 2.22. The number of nitrogen functional groups attached to an aromatic ring is 1. The second-order valence-corrected chi connectivity index (χ2v) is 5.16. The van der Waals surface area contributed by atoms with Gasteiger partial charge in [0, 0.05) is 25.3 Å². The zero-order chi connectivity index (χ0) is 11.5. The Morgan fingerprint density at radius 2 is 1.81 bits per heavy atom. The first-order chi connectivity index (χ1) is 7.66. The van der Waals surface area contributed by atoms with Gasteiger partial charge in [-0.3, -0.25) is 0 Å². The van der Waals surface area contributed by atoms with Crippen LogP contribution in [0, 0.1) is 11.8 Å². The monoisotopic (exact) mass is 218 g/mol. The van der Waals surface area contributed by atoms with E-state index in [1.165, 1.54) is 18.7 Å². The second kappa shape index (κ2) is 4.88. The lowest BCUT2D eigenvalue weighted by molar-refractivity contribution is 0.328. The lowest BCUT2D eigenvalue weighted by Crippen LogP contribution is -2.23. The van der Waals surface area contributed by atoms with Crippen LogP contribution in [0.15, 0.2) is 24.3 Å². The molecule has 1 aliphatic rings. The van der Waals surface area contributed by atoms with E-state index < -0.39 is 0 Å². The van der Waals surface area contributed by atoms with E-state index in [-0.39, 0.29) is 0 Å². The fraction of sp³-hybridized carbons (Fsp3) is 0.571. The number of likely N-dealkylation sites (tertiary alicyclic amines) is 1. The average molecular weight is 218 g/mol. The van der Waals surface area contributed by atoms with Crippen molar-refractivity contribution < 1.29 is 0 Å². The Bertz CT molecular complexity index is 338. The van der Waals surface area contributed by atoms with E-state index in [0.29, 0.717) is 0 Å². The number of para-hydroxylation sites is 1. The van der Waals surface area contributed by atoms with Crippen molar-refractivity contribution >= 4 is 5.69 Å². The number of benzene rings is 1. The quantitative estimate of drug-likeness (QED) is 0.789. The molecule has 2 N–H and O–H groups in total. The summed E-state index contributed by atoms with van der Waals surface area (Å²) < 4.78 is 0. The molecule has 0 radical (unpaired) electrons. The van der Waals surface area contributed by atoms with Crippen LogP contribution in [0.4, 0.5) is 5.69 Å². The molecule has 0 aliphatic carbocycles. The molecule has 1 fully saturated rings. The van der Waals surface area contributed by atoms with Crippen molar-refractivity contribution in [2.24, 2.45) is 11.8 Å². The van der Waals surface area contributed by atoms with E-state index in [1.807, 2.05) is 12.1 Å². The predicted octanol–water partition coefficient (Wildman–Crippen LogP) is 2.40. The molecule has 1 heterocycles. The Morgan fingerprint density at radius 1 is 1.19 bits per heavy atom. The van der Waals surface area contributed by atoms with Gasteiger partial charge < -0.3 is 10.6 Å². The number of anilines is 1. The van der Waals surface area contributed by atoms with Crippen molar-refractivity contribution in [2.45, 2.75) is 20.3 Å². The molecule has 1 saturated heterocycles. The molecule has 88 valence electrons. The minimum Gasteiger partial charge on any atom is -0.399 e. The molecular formula is C14H22N2. The lowest BCUT2D eigenvalue weighted by atomic mass is 10.0. The van der Waals surface area contributed by atoms with Gasteiger partial charge in [0.1, 0.15) is 0 Å². The van der Waals surface area contributed by atoms with Crippen LogP contribution in [0.5, 0.6) is 0 Å². The standard InChI is InChI=1S/C14H22N2/c1-11-9-16(10-12(11)2)8-7-13-5-3-4-6-14(13)15/h3-6,11-12H,7-10,15H2,1-2H3. The SMILES string of the molecule is CC1CN(CCc2ccccc2N)CC1C. The van der Waals surface area contributed by atoms with Crippen LogP contribution in [0.25, 0.3) is 0 Å². The van der Waals surface area contributed by atoms with E-state index in [2.05, 4.69) is 30.9 Å². The number of hydrogen-bond acceptors (Lipinski definition) is 2. The summed E-state index contributed by atoms with van der Waals surface area (Å²) >= 11 is 0. The molecule has 2 nitrogen and oxygen atoms in total. The van der Waals surface area contributed by atoms with E-state index >= 15 is 0 Å². The highest BCUT2D eigenvalue weighted by Gasteiger charge is 2.25. The summed E-state index contributed by atoms with van der Waals surface area (Å²) in [7, 11) is 0. The molecule has 0 amide bonds. The maximum Gasteiger partial charge on any atom is 0.0347 e. The second-order valence-electron chi connectivity index (χ2n) is 5.16. The van der Waals surface area contributed by atoms with E-state index in [1.54, 1.807) is 0 Å². The summed E-state index contributed by atoms with van der Waals surface area (Å²) in [5.41, 5.74) is 8.16. The molecule has 16 heavy (non-hydrogen) atoms. The fourth-order valence-corrected chi connectivity index (χ4v) is 2.47. The topological polar surface area (TPSA) is 29.3 Å². The van der Waals surface area contributed by atoms with Gasteiger partial charge in [0.15, 0.2) is 0 Å². The number of hydrogen-bond donors (Lipinski definition) is 1. The van der Waals surface area contributed by atoms with E-state index in [0.717, 1.165) is 30.5 Å². The highest BCUT2D eigenvalue weighted by atomic mass is 15.1. The molecule has 1 aliphatic heterocycles. The molecule has 2 rings (SSSR count). The minimum atomic E-state index is 0.841. The molecule has 2 atom stereocenters. The fourth-order valence-electron chi connectivity index (χ4n) is 2.47. The van der Waals surface area contributed by atoms with Crippen LogP contribution in [0.1, 0.15) is 19.4 Å². The third kappa shape index (κ3) is 2.56. The lowest BCUT2D eigenvalue weighted by Gasteiger charge is -2.15. The molecule has 2 unspecified atom stereocenters. The van der Waals surface area contributed by atoms with Crippen molar-refractivity contribution in [1.29, 1.82) is 0 Å². The average Bonchev–Trinajstić information content (AvgIpc) is 2.57. The van der Waals surface area contributed by atoms with Crippen molar-refractivity contribution in [3.05, 3.63) is 29.8 Å². The normalized spacial score (nSPS) is 26.1. The van der Waals surface area contributed by atoms with Gasteiger partial charge in [-0.05, 0) is 29.9 Å². The maximum atomic E-state index is 5.94. The Morgan fingerprint density at radius 3 is 2.44 bits per heavy atom. The molecule has 2 heteroatoms. The third-order valence-corrected chi connectivity index (χ3v) is 3.82. The van der Waals surface area contributed by atoms with Gasteiger partial charge in [0.05, 0.1) is 0 Å². The van der Waals surface area contributed by atoms with Gasteiger partial charge >= 0.3 is 0 Å². The minimum absolute atomic E-state index is 0.841. The highest BCUT2D eigenvalue weighted by molar-refractivity contribution is 5.46. The van der Waals surface area contributed by atoms with Crippen LogP contribution in [-0.4, -0.2) is 24.5 Å². The van der Waals surface area contributed by atoms with Gasteiger partial charge in [-0.15, -0.1) is 0 Å². The molecule has 0 spiro atoms. The maximum absolute atomic E-state index is 5.94. The predicted molar refractivity (Wildman–Crippen MR) is 69.3 cm³/mol. The van der Waals surface area contributed by atoms with Gasteiger partial charge in [-0.1, -0.05) is 32.0 Å². The van der Waals surface area contributed by atoms with Crippen molar-refractivity contribution in [2.75, 3.05) is 25.4 Å². The summed E-state index contributed by atoms with van der Waals surface area (Å²) in [6.45, 7) is 8.33. The summed E-state index contributed by atoms with van der Waals surface area (Å²) in [5, 5.41) is 0. The Labute approximate surface area is 98.4 Å². The summed E-state index contributed by atoms with van der Waals surface area (Å²) in [4.78, 5) is 2.56. The summed E-state index contributed by atoms with van der Waals surface area (Å²) in [6.07, 6.45) is 1.08. The van der Waals surface area contributed by atoms with Gasteiger partial charge in [0.25, 0.3) is 0 Å². The smallest absolute Gasteiger partial charge is 0.0347 e. The zero-order valence-corrected chi connectivity index (χ0v) is 10.3. The molecule has 0 aromatic heterocycles. The largest absolute Gasteiger partial charge is 0.399 e.